The first-order chi connectivity index (χ1) is 8.61. The number of carboxylic acids is 1. The van der Waals surface area contributed by atoms with Crippen molar-refractivity contribution >= 4 is 23.5 Å². The number of pyridine rings is 1. The Morgan fingerprint density at radius 3 is 2.44 bits per heavy atom. The van der Waals surface area contributed by atoms with Crippen LogP contribution in [0.3, 0.4) is 0 Å². The molecule has 0 amide bonds. The lowest BCUT2D eigenvalue weighted by Crippen LogP contribution is -2.05. The molecule has 0 aliphatic rings. The molecule has 1 aromatic heterocycles. The summed E-state index contributed by atoms with van der Waals surface area (Å²) in [5.41, 5.74) is 6.88. The van der Waals surface area contributed by atoms with Crippen molar-refractivity contribution in [2.24, 2.45) is 0 Å². The minimum absolute atomic E-state index is 0.0214. The molecule has 2 aromatic rings. The normalized spacial score (nSPS) is 10.3. The van der Waals surface area contributed by atoms with Crippen LogP contribution < -0.4 is 5.73 Å². The van der Waals surface area contributed by atoms with Crippen molar-refractivity contribution < 1.29 is 9.90 Å². The second kappa shape index (κ2) is 5.10. The summed E-state index contributed by atoms with van der Waals surface area (Å²) in [6.45, 7) is 0. The van der Waals surface area contributed by atoms with Gasteiger partial charge >= 0.3 is 5.97 Å². The van der Waals surface area contributed by atoms with Crippen LogP contribution in [-0.2, 0) is 0 Å². The van der Waals surface area contributed by atoms with Gasteiger partial charge in [0.2, 0.25) is 0 Å². The van der Waals surface area contributed by atoms with Gasteiger partial charge in [0, 0.05) is 10.5 Å². The van der Waals surface area contributed by atoms with E-state index in [0.717, 1.165) is 10.5 Å². The van der Waals surface area contributed by atoms with E-state index in [1.54, 1.807) is 23.9 Å². The lowest BCUT2D eigenvalue weighted by molar-refractivity contribution is 0.0691. The third kappa shape index (κ3) is 2.46. The number of anilines is 1. The number of nitrogens with zero attached hydrogens (tertiary/aromatic N) is 1. The third-order valence-corrected chi connectivity index (χ3v) is 3.26. The molecule has 3 N–H and O–H groups in total. The fourth-order valence-corrected chi connectivity index (χ4v) is 2.05. The SMILES string of the molecule is CSc1ccc(-c2ccc(N)nc2C(=O)O)cc1. The van der Waals surface area contributed by atoms with E-state index in [1.807, 2.05) is 30.5 Å². The molecule has 0 aliphatic carbocycles. The van der Waals surface area contributed by atoms with Crippen molar-refractivity contribution in [3.05, 3.63) is 42.1 Å². The summed E-state index contributed by atoms with van der Waals surface area (Å²) in [4.78, 5) is 16.1. The van der Waals surface area contributed by atoms with Crippen molar-refractivity contribution in [2.45, 2.75) is 4.90 Å². The first-order valence-corrected chi connectivity index (χ1v) is 6.48. The van der Waals surface area contributed by atoms with Crippen LogP contribution in [0, 0.1) is 0 Å². The number of nitrogens with two attached hydrogens (primary N) is 1. The zero-order chi connectivity index (χ0) is 13.1. The Hall–Kier alpha value is -2.01. The van der Waals surface area contributed by atoms with Crippen LogP contribution in [-0.4, -0.2) is 22.3 Å². The summed E-state index contributed by atoms with van der Waals surface area (Å²) in [6.07, 6.45) is 1.99. The van der Waals surface area contributed by atoms with Crippen LogP contribution in [0.4, 0.5) is 5.82 Å². The van der Waals surface area contributed by atoms with Crippen LogP contribution in [0.1, 0.15) is 10.5 Å². The fourth-order valence-electron chi connectivity index (χ4n) is 1.64. The van der Waals surface area contributed by atoms with Crippen LogP contribution in [0.15, 0.2) is 41.3 Å². The van der Waals surface area contributed by atoms with Gasteiger partial charge in [-0.25, -0.2) is 9.78 Å². The molecule has 0 saturated heterocycles. The molecule has 0 spiro atoms. The maximum Gasteiger partial charge on any atom is 0.355 e. The number of hydrogen-bond acceptors (Lipinski definition) is 4. The maximum atomic E-state index is 11.1. The Morgan fingerprint density at radius 1 is 1.22 bits per heavy atom. The van der Waals surface area contributed by atoms with E-state index >= 15 is 0 Å². The summed E-state index contributed by atoms with van der Waals surface area (Å²) in [5, 5.41) is 9.13. The molecule has 0 fully saturated rings. The van der Waals surface area contributed by atoms with Gasteiger partial charge < -0.3 is 10.8 Å². The van der Waals surface area contributed by atoms with Crippen molar-refractivity contribution in [3.8, 4) is 11.1 Å². The second-order valence-corrected chi connectivity index (χ2v) is 4.55. The molecule has 0 saturated carbocycles. The van der Waals surface area contributed by atoms with Crippen molar-refractivity contribution in [3.63, 3.8) is 0 Å². The standard InChI is InChI=1S/C13H12N2O2S/c1-18-9-4-2-8(3-5-9)10-6-7-11(14)15-12(10)13(16)17/h2-7H,1H3,(H2,14,15)(H,16,17). The molecule has 0 unspecified atom stereocenters. The zero-order valence-electron chi connectivity index (χ0n) is 9.75. The number of benzene rings is 1. The summed E-state index contributed by atoms with van der Waals surface area (Å²) in [6, 6.07) is 10.9. The predicted octanol–water partition coefficient (Wildman–Crippen LogP) is 2.75. The Bertz CT molecular complexity index is 582. The number of aromatic carboxylic acids is 1. The van der Waals surface area contributed by atoms with Gasteiger partial charge in [-0.15, -0.1) is 11.8 Å². The first kappa shape index (κ1) is 12.4. The van der Waals surface area contributed by atoms with Crippen molar-refractivity contribution in [2.75, 3.05) is 12.0 Å². The maximum absolute atomic E-state index is 11.1. The highest BCUT2D eigenvalue weighted by atomic mass is 32.2. The molecular formula is C13H12N2O2S. The molecule has 0 aliphatic heterocycles. The van der Waals surface area contributed by atoms with E-state index in [1.165, 1.54) is 0 Å². The molecule has 2 rings (SSSR count). The van der Waals surface area contributed by atoms with E-state index < -0.39 is 5.97 Å². The van der Waals surface area contributed by atoms with E-state index in [0.29, 0.717) is 5.56 Å². The monoisotopic (exact) mass is 260 g/mol. The topological polar surface area (TPSA) is 76.2 Å². The van der Waals surface area contributed by atoms with Gasteiger partial charge in [-0.1, -0.05) is 12.1 Å². The molecule has 4 nitrogen and oxygen atoms in total. The van der Waals surface area contributed by atoms with E-state index in [2.05, 4.69) is 4.98 Å². The molecule has 0 atom stereocenters. The number of nitrogen functional groups attached to an aromatic ring is 1. The number of aromatic nitrogens is 1. The number of thioether (sulfide) groups is 1. The van der Waals surface area contributed by atoms with Gasteiger partial charge in [0.1, 0.15) is 5.82 Å². The third-order valence-electron chi connectivity index (χ3n) is 2.52. The van der Waals surface area contributed by atoms with Crippen LogP contribution >= 0.6 is 11.8 Å². The first-order valence-electron chi connectivity index (χ1n) is 5.26. The summed E-state index contributed by atoms with van der Waals surface area (Å²) >= 11 is 1.63. The molecule has 92 valence electrons. The second-order valence-electron chi connectivity index (χ2n) is 3.67. The highest BCUT2D eigenvalue weighted by molar-refractivity contribution is 7.98. The fraction of sp³-hybridized carbons (Fsp3) is 0.0769. The van der Waals surface area contributed by atoms with Crippen molar-refractivity contribution in [1.82, 2.24) is 4.98 Å². The minimum atomic E-state index is -1.08. The predicted molar refractivity (Wildman–Crippen MR) is 72.8 cm³/mol. The van der Waals surface area contributed by atoms with Gasteiger partial charge in [-0.05, 0) is 36.1 Å². The number of rotatable bonds is 3. The molecule has 0 radical (unpaired) electrons. The van der Waals surface area contributed by atoms with E-state index in [9.17, 15) is 4.79 Å². The smallest absolute Gasteiger partial charge is 0.355 e. The molecule has 18 heavy (non-hydrogen) atoms. The Balaban J connectivity index is 2.52. The average Bonchev–Trinajstić information content (AvgIpc) is 2.39. The summed E-state index contributed by atoms with van der Waals surface area (Å²) in [5.74, 6) is -0.872. The van der Waals surface area contributed by atoms with Gasteiger partial charge in [-0.3, -0.25) is 0 Å². The summed E-state index contributed by atoms with van der Waals surface area (Å²) < 4.78 is 0. The molecule has 1 aromatic carbocycles. The molecule has 1 heterocycles. The van der Waals surface area contributed by atoms with Crippen molar-refractivity contribution in [1.29, 1.82) is 0 Å². The largest absolute Gasteiger partial charge is 0.476 e. The Labute approximate surface area is 109 Å². The van der Waals surface area contributed by atoms with Gasteiger partial charge in [0.05, 0.1) is 0 Å². The quantitative estimate of drug-likeness (QED) is 0.830. The molecular weight excluding hydrogens is 248 g/mol. The number of carbonyl (C=O) groups is 1. The minimum Gasteiger partial charge on any atom is -0.476 e. The summed E-state index contributed by atoms with van der Waals surface area (Å²) in [7, 11) is 0. The number of hydrogen-bond donors (Lipinski definition) is 2. The average molecular weight is 260 g/mol. The van der Waals surface area contributed by atoms with Gasteiger partial charge in [-0.2, -0.15) is 0 Å². The van der Waals surface area contributed by atoms with Crippen LogP contribution in [0.5, 0.6) is 0 Å². The Morgan fingerprint density at radius 2 is 1.89 bits per heavy atom. The van der Waals surface area contributed by atoms with Gasteiger partial charge in [0.25, 0.3) is 0 Å². The Kier molecular flexibility index (Phi) is 3.53. The lowest BCUT2D eigenvalue weighted by atomic mass is 10.0. The number of carboxylic acid groups (broad SMARTS) is 1. The molecule has 0 bridgehead atoms. The van der Waals surface area contributed by atoms with Crippen LogP contribution in [0.2, 0.25) is 0 Å². The lowest BCUT2D eigenvalue weighted by Gasteiger charge is -2.07. The van der Waals surface area contributed by atoms with E-state index in [-0.39, 0.29) is 11.5 Å². The highest BCUT2D eigenvalue weighted by Crippen LogP contribution is 2.26. The van der Waals surface area contributed by atoms with E-state index in [4.69, 9.17) is 10.8 Å². The van der Waals surface area contributed by atoms with Crippen LogP contribution in [0.25, 0.3) is 11.1 Å². The highest BCUT2D eigenvalue weighted by Gasteiger charge is 2.13. The van der Waals surface area contributed by atoms with Gasteiger partial charge in [0.15, 0.2) is 5.69 Å². The zero-order valence-corrected chi connectivity index (χ0v) is 10.6. The molecule has 5 heteroatoms.